The van der Waals surface area contributed by atoms with E-state index < -0.39 is 23.6 Å². The highest BCUT2D eigenvalue weighted by Crippen LogP contribution is 2.31. The minimum absolute atomic E-state index is 0.110. The van der Waals surface area contributed by atoms with Gasteiger partial charge in [-0.25, -0.2) is 4.98 Å². The average molecular weight is 481 g/mol. The Morgan fingerprint density at radius 1 is 1.24 bits per heavy atom. The van der Waals surface area contributed by atoms with E-state index in [1.807, 2.05) is 0 Å². The number of hydrogen-bond acceptors (Lipinski definition) is 7. The quantitative estimate of drug-likeness (QED) is 0.492. The molecule has 0 saturated carbocycles. The Labute approximate surface area is 194 Å². The second kappa shape index (κ2) is 10.6. The number of alkyl halides is 3. The maximum atomic E-state index is 12.9. The van der Waals surface area contributed by atoms with E-state index in [-0.39, 0.29) is 23.8 Å². The molecule has 1 saturated heterocycles. The van der Waals surface area contributed by atoms with Gasteiger partial charge in [0.1, 0.15) is 5.75 Å². The summed E-state index contributed by atoms with van der Waals surface area (Å²) in [7, 11) is 3.08. The predicted octanol–water partition coefficient (Wildman–Crippen LogP) is 1.82. The third-order valence-corrected chi connectivity index (χ3v) is 5.41. The van der Waals surface area contributed by atoms with Crippen LogP contribution in [-0.2, 0) is 17.5 Å². The zero-order valence-corrected chi connectivity index (χ0v) is 18.7. The lowest BCUT2D eigenvalue weighted by Gasteiger charge is -2.18. The first-order valence-electron chi connectivity index (χ1n) is 10.4. The van der Waals surface area contributed by atoms with Crippen molar-refractivity contribution < 1.29 is 32.2 Å². The van der Waals surface area contributed by atoms with E-state index in [9.17, 15) is 22.8 Å². The van der Waals surface area contributed by atoms with Crippen molar-refractivity contribution >= 4 is 17.5 Å². The largest absolute Gasteiger partial charge is 0.496 e. The highest BCUT2D eigenvalue weighted by Gasteiger charge is 2.31. The van der Waals surface area contributed by atoms with Crippen LogP contribution in [-0.4, -0.2) is 61.6 Å². The summed E-state index contributed by atoms with van der Waals surface area (Å²) in [6.07, 6.45) is -2.23. The van der Waals surface area contributed by atoms with Gasteiger partial charge in [0.2, 0.25) is 11.8 Å². The Balaban J connectivity index is 1.50. The van der Waals surface area contributed by atoms with Gasteiger partial charge in [0.15, 0.2) is 0 Å². The van der Waals surface area contributed by atoms with Gasteiger partial charge in [0.25, 0.3) is 5.91 Å². The van der Waals surface area contributed by atoms with E-state index in [0.717, 1.165) is 24.2 Å². The number of pyridine rings is 1. The van der Waals surface area contributed by atoms with Crippen molar-refractivity contribution in [2.75, 3.05) is 39.6 Å². The number of ether oxygens (including phenoxy) is 2. The molecule has 2 heterocycles. The molecule has 0 bridgehead atoms. The molecule has 1 atom stereocenters. The van der Waals surface area contributed by atoms with E-state index in [2.05, 4.69) is 20.5 Å². The van der Waals surface area contributed by atoms with Crippen LogP contribution in [0.2, 0.25) is 0 Å². The third kappa shape index (κ3) is 6.28. The number of methoxy groups -OCH3 is 2. The fraction of sp³-hybridized carbons (Fsp3) is 0.409. The number of likely N-dealkylation sites (tertiary alicyclic amines) is 1. The molecule has 0 radical (unpaired) electrons. The van der Waals surface area contributed by atoms with Crippen LogP contribution >= 0.6 is 0 Å². The lowest BCUT2D eigenvalue weighted by molar-refractivity contribution is -0.137. The van der Waals surface area contributed by atoms with Crippen molar-refractivity contribution in [1.82, 2.24) is 20.5 Å². The first-order valence-corrected chi connectivity index (χ1v) is 10.4. The Bertz CT molecular complexity index is 1050. The molecule has 3 rings (SSSR count). The van der Waals surface area contributed by atoms with Crippen LogP contribution in [0.1, 0.15) is 27.9 Å². The van der Waals surface area contributed by atoms with E-state index in [4.69, 9.17) is 15.2 Å². The van der Waals surface area contributed by atoms with Crippen LogP contribution in [0.5, 0.6) is 11.6 Å². The average Bonchev–Trinajstić information content (AvgIpc) is 3.23. The molecule has 34 heavy (non-hydrogen) atoms. The minimum Gasteiger partial charge on any atom is -0.496 e. The van der Waals surface area contributed by atoms with Gasteiger partial charge in [0.05, 0.1) is 31.9 Å². The van der Waals surface area contributed by atoms with Crippen LogP contribution < -0.4 is 25.8 Å². The van der Waals surface area contributed by atoms with E-state index in [1.165, 1.54) is 7.11 Å². The number of nitrogens with two attached hydrogens (primary N) is 1. The van der Waals surface area contributed by atoms with Crippen molar-refractivity contribution in [2.45, 2.75) is 25.2 Å². The molecule has 12 heteroatoms. The third-order valence-electron chi connectivity index (χ3n) is 5.41. The number of nitrogens with zero attached hydrogens (tertiary/aromatic N) is 2. The number of carbonyl (C=O) groups is 2. The van der Waals surface area contributed by atoms with Crippen molar-refractivity contribution in [3.05, 3.63) is 47.2 Å². The molecule has 1 aromatic carbocycles. The number of anilines is 1. The molecular formula is C22H26F3N5O4. The van der Waals surface area contributed by atoms with Gasteiger partial charge >= 0.3 is 6.18 Å². The first-order chi connectivity index (χ1) is 16.1. The fourth-order valence-electron chi connectivity index (χ4n) is 3.67. The minimum atomic E-state index is -4.61. The van der Waals surface area contributed by atoms with Gasteiger partial charge in [-0.2, -0.15) is 13.2 Å². The number of amides is 2. The molecule has 1 aromatic heterocycles. The summed E-state index contributed by atoms with van der Waals surface area (Å²) in [6, 6.07) is 4.03. The number of carbonyl (C=O) groups excluding carboxylic acids is 2. The highest BCUT2D eigenvalue weighted by molar-refractivity contribution is 6.00. The van der Waals surface area contributed by atoms with Crippen LogP contribution in [0.4, 0.5) is 18.9 Å². The molecule has 4 N–H and O–H groups in total. The van der Waals surface area contributed by atoms with Crippen molar-refractivity contribution in [2.24, 2.45) is 0 Å². The van der Waals surface area contributed by atoms with E-state index in [1.54, 1.807) is 19.4 Å². The first kappa shape index (κ1) is 25.1. The summed E-state index contributed by atoms with van der Waals surface area (Å²) >= 11 is 0. The second-order valence-electron chi connectivity index (χ2n) is 7.81. The van der Waals surface area contributed by atoms with Crippen LogP contribution in [0.3, 0.4) is 0 Å². The van der Waals surface area contributed by atoms with Crippen molar-refractivity contribution in [3.8, 4) is 11.6 Å². The zero-order chi connectivity index (χ0) is 24.9. The number of halogens is 3. The summed E-state index contributed by atoms with van der Waals surface area (Å²) in [6.45, 7) is 1.49. The fourth-order valence-corrected chi connectivity index (χ4v) is 3.67. The van der Waals surface area contributed by atoms with Crippen LogP contribution in [0.25, 0.3) is 0 Å². The van der Waals surface area contributed by atoms with E-state index in [0.29, 0.717) is 37.2 Å². The van der Waals surface area contributed by atoms with Gasteiger partial charge < -0.3 is 25.8 Å². The Kier molecular flexibility index (Phi) is 7.82. The molecule has 184 valence electrons. The summed E-state index contributed by atoms with van der Waals surface area (Å²) in [5, 5.41) is 5.15. The lowest BCUT2D eigenvalue weighted by atomic mass is 10.1. The molecule has 1 aliphatic rings. The molecule has 1 unspecified atom stereocenters. The summed E-state index contributed by atoms with van der Waals surface area (Å²) in [5.74, 6) is -0.211. The molecule has 0 aliphatic carbocycles. The monoisotopic (exact) mass is 481 g/mol. The number of aromatic nitrogens is 1. The van der Waals surface area contributed by atoms with Crippen LogP contribution in [0, 0.1) is 0 Å². The molecule has 2 aromatic rings. The summed E-state index contributed by atoms with van der Waals surface area (Å²) in [4.78, 5) is 30.9. The topological polar surface area (TPSA) is 119 Å². The molecule has 1 aliphatic heterocycles. The Morgan fingerprint density at radius 2 is 2.00 bits per heavy atom. The maximum Gasteiger partial charge on any atom is 0.416 e. The number of nitrogen functional groups attached to an aromatic ring is 1. The molecular weight excluding hydrogens is 455 g/mol. The van der Waals surface area contributed by atoms with E-state index >= 15 is 0 Å². The second-order valence-corrected chi connectivity index (χ2v) is 7.81. The summed E-state index contributed by atoms with van der Waals surface area (Å²) in [5.41, 5.74) is 5.07. The zero-order valence-electron chi connectivity index (χ0n) is 18.7. The van der Waals surface area contributed by atoms with Gasteiger partial charge in [-0.15, -0.1) is 0 Å². The molecule has 9 nitrogen and oxygen atoms in total. The molecule has 1 fully saturated rings. The Hall–Kier alpha value is -3.54. The SMILES string of the molecule is COc1cc(OC)c(CN2CCC(NC(=O)CNC(=O)c3cc(C(F)(F)F)ccc3N)C2)cn1. The maximum absolute atomic E-state index is 12.9. The van der Waals surface area contributed by atoms with Gasteiger partial charge in [-0.1, -0.05) is 0 Å². The Morgan fingerprint density at radius 3 is 2.68 bits per heavy atom. The van der Waals surface area contributed by atoms with Crippen molar-refractivity contribution in [3.63, 3.8) is 0 Å². The van der Waals surface area contributed by atoms with Gasteiger partial charge in [0, 0.05) is 49.2 Å². The molecule has 0 spiro atoms. The molecule has 2 amide bonds. The number of rotatable bonds is 8. The smallest absolute Gasteiger partial charge is 0.416 e. The highest BCUT2D eigenvalue weighted by atomic mass is 19.4. The number of hydrogen-bond donors (Lipinski definition) is 3. The van der Waals surface area contributed by atoms with Gasteiger partial charge in [-0.3, -0.25) is 14.5 Å². The normalized spacial score (nSPS) is 16.2. The lowest BCUT2D eigenvalue weighted by Crippen LogP contribution is -2.43. The van der Waals surface area contributed by atoms with Crippen LogP contribution in [0.15, 0.2) is 30.5 Å². The number of benzene rings is 1. The van der Waals surface area contributed by atoms with Crippen molar-refractivity contribution in [1.29, 1.82) is 0 Å². The predicted molar refractivity (Wildman–Crippen MR) is 117 cm³/mol. The summed E-state index contributed by atoms with van der Waals surface area (Å²) < 4.78 is 49.2. The van der Waals surface area contributed by atoms with Gasteiger partial charge in [-0.05, 0) is 24.6 Å². The number of nitrogens with one attached hydrogen (secondary N) is 2. The standard InChI is InChI=1S/C22H26F3N5O4/c1-33-18-8-20(34-2)27-9-13(18)11-30-6-5-15(12-30)29-19(31)10-28-21(32)16-7-14(22(23,24)25)3-4-17(16)26/h3-4,7-9,15H,5-6,10-12,26H2,1-2H3,(H,28,32)(H,29,31).